The fourth-order valence-corrected chi connectivity index (χ4v) is 4.37. The molecule has 1 aliphatic heterocycles. The molecule has 0 aliphatic carbocycles. The molecular weight excluding hydrogens is 571 g/mol. The summed E-state index contributed by atoms with van der Waals surface area (Å²) in [7, 11) is 1.55. The topological polar surface area (TPSA) is 99.8 Å². The van der Waals surface area contributed by atoms with Crippen LogP contribution in [0.1, 0.15) is 26.3 Å². The summed E-state index contributed by atoms with van der Waals surface area (Å²) in [5.74, 6) is -0.673. The second-order valence-corrected chi connectivity index (χ2v) is 11.0. The van der Waals surface area contributed by atoms with Crippen molar-refractivity contribution in [1.82, 2.24) is 10.6 Å². The molecule has 1 heterocycles. The van der Waals surface area contributed by atoms with Crippen molar-refractivity contribution in [2.24, 2.45) is 0 Å². The average molecular weight is 592 g/mol. The molecule has 0 bridgehead atoms. The van der Waals surface area contributed by atoms with Crippen LogP contribution in [-0.4, -0.2) is 39.9 Å². The van der Waals surface area contributed by atoms with E-state index in [4.69, 9.17) is 51.8 Å². The van der Waals surface area contributed by atoms with E-state index in [1.165, 1.54) is 0 Å². The third-order valence-electron chi connectivity index (χ3n) is 5.62. The van der Waals surface area contributed by atoms with E-state index in [-0.39, 0.29) is 17.2 Å². The Kier molecular flexibility index (Phi) is 8.42. The lowest BCUT2D eigenvalue weighted by Crippen LogP contribution is -2.56. The SMILES string of the molecule is COc1ccc(CC(=O)NC(NC(=S)Nc2ccccc2N2C(=O)c3ccccc3C2=O)C(Cl)(Cl)Cl)cc1. The van der Waals surface area contributed by atoms with Crippen LogP contribution >= 0.6 is 47.0 Å². The zero-order valence-electron chi connectivity index (χ0n) is 19.8. The number of carbonyl (C=O) groups excluding carboxylic acids is 3. The molecule has 0 spiro atoms. The molecule has 0 aromatic heterocycles. The Hall–Kier alpha value is -3.37. The van der Waals surface area contributed by atoms with Gasteiger partial charge in [0.05, 0.1) is 36.0 Å². The van der Waals surface area contributed by atoms with Gasteiger partial charge in [-0.3, -0.25) is 14.4 Å². The molecule has 3 aromatic carbocycles. The zero-order valence-corrected chi connectivity index (χ0v) is 22.9. The fraction of sp³-hybridized carbons (Fsp3) is 0.154. The maximum Gasteiger partial charge on any atom is 0.266 e. The van der Waals surface area contributed by atoms with Crippen molar-refractivity contribution in [1.29, 1.82) is 0 Å². The maximum atomic E-state index is 13.0. The summed E-state index contributed by atoms with van der Waals surface area (Å²) in [6.45, 7) is 0. The molecule has 0 fully saturated rings. The highest BCUT2D eigenvalue weighted by atomic mass is 35.6. The van der Waals surface area contributed by atoms with Crippen LogP contribution in [0.5, 0.6) is 5.75 Å². The predicted molar refractivity (Wildman–Crippen MR) is 152 cm³/mol. The number of imide groups is 1. The third-order valence-corrected chi connectivity index (χ3v) is 6.49. The van der Waals surface area contributed by atoms with Gasteiger partial charge in [0.25, 0.3) is 11.8 Å². The minimum absolute atomic E-state index is 0.0184. The minimum Gasteiger partial charge on any atom is -0.497 e. The summed E-state index contributed by atoms with van der Waals surface area (Å²) in [5.41, 5.74) is 1.98. The van der Waals surface area contributed by atoms with Gasteiger partial charge in [-0.2, -0.15) is 0 Å². The van der Waals surface area contributed by atoms with Crippen LogP contribution in [0.3, 0.4) is 0 Å². The number of rotatable bonds is 7. The molecule has 0 radical (unpaired) electrons. The van der Waals surface area contributed by atoms with Gasteiger partial charge in [0.15, 0.2) is 5.11 Å². The number of ether oxygens (including phenoxy) is 1. The van der Waals surface area contributed by atoms with E-state index in [0.29, 0.717) is 22.6 Å². The minimum atomic E-state index is -1.97. The van der Waals surface area contributed by atoms with Gasteiger partial charge in [0.1, 0.15) is 11.9 Å². The lowest BCUT2D eigenvalue weighted by Gasteiger charge is -2.28. The summed E-state index contributed by atoms with van der Waals surface area (Å²) >= 11 is 23.7. The second kappa shape index (κ2) is 11.6. The summed E-state index contributed by atoms with van der Waals surface area (Å²) in [6, 6.07) is 20.2. The maximum absolute atomic E-state index is 13.0. The number of anilines is 2. The number of thiocarbonyl (C=S) groups is 1. The molecule has 0 saturated carbocycles. The number of fused-ring (bicyclic) bond motifs is 1. The third kappa shape index (κ3) is 6.19. The highest BCUT2D eigenvalue weighted by Crippen LogP contribution is 2.34. The smallest absolute Gasteiger partial charge is 0.266 e. The van der Waals surface area contributed by atoms with Gasteiger partial charge < -0.3 is 20.7 Å². The Morgan fingerprint density at radius 3 is 2.08 bits per heavy atom. The molecule has 1 atom stereocenters. The molecule has 12 heteroatoms. The fourth-order valence-electron chi connectivity index (χ4n) is 3.81. The molecule has 0 saturated heterocycles. The van der Waals surface area contributed by atoms with Gasteiger partial charge in [-0.1, -0.05) is 71.2 Å². The van der Waals surface area contributed by atoms with Gasteiger partial charge in [0, 0.05) is 0 Å². The van der Waals surface area contributed by atoms with Gasteiger partial charge >= 0.3 is 0 Å². The van der Waals surface area contributed by atoms with E-state index in [0.717, 1.165) is 10.5 Å². The molecule has 3 amide bonds. The summed E-state index contributed by atoms with van der Waals surface area (Å²) in [6.07, 6.45) is -1.18. The Bertz CT molecular complexity index is 1360. The molecular formula is C26H21Cl3N4O4S. The van der Waals surface area contributed by atoms with Crippen molar-refractivity contribution in [2.75, 3.05) is 17.3 Å². The van der Waals surface area contributed by atoms with Crippen LogP contribution in [0.25, 0.3) is 0 Å². The Balaban J connectivity index is 1.46. The normalized spacial score (nSPS) is 13.5. The van der Waals surface area contributed by atoms with E-state index in [2.05, 4.69) is 16.0 Å². The summed E-state index contributed by atoms with van der Waals surface area (Å²) in [5, 5.41) is 8.31. The number of carbonyl (C=O) groups is 3. The van der Waals surface area contributed by atoms with Gasteiger partial charge in [0.2, 0.25) is 9.70 Å². The number of amides is 3. The van der Waals surface area contributed by atoms with Crippen LogP contribution in [0.15, 0.2) is 72.8 Å². The number of hydrogen-bond donors (Lipinski definition) is 3. The molecule has 3 aromatic rings. The van der Waals surface area contributed by atoms with E-state index in [1.54, 1.807) is 79.9 Å². The van der Waals surface area contributed by atoms with Crippen molar-refractivity contribution in [3.8, 4) is 5.75 Å². The van der Waals surface area contributed by atoms with E-state index < -0.39 is 27.7 Å². The quantitative estimate of drug-likeness (QED) is 0.157. The van der Waals surface area contributed by atoms with Crippen molar-refractivity contribution in [2.45, 2.75) is 16.4 Å². The van der Waals surface area contributed by atoms with Crippen LogP contribution in [0, 0.1) is 0 Å². The molecule has 1 unspecified atom stereocenters. The second-order valence-electron chi connectivity index (χ2n) is 8.17. The van der Waals surface area contributed by atoms with Crippen molar-refractivity contribution < 1.29 is 19.1 Å². The monoisotopic (exact) mass is 590 g/mol. The molecule has 1 aliphatic rings. The number of nitrogens with zero attached hydrogens (tertiary/aromatic N) is 1. The molecule has 8 nitrogen and oxygen atoms in total. The average Bonchev–Trinajstić information content (AvgIpc) is 3.13. The zero-order chi connectivity index (χ0) is 27.4. The summed E-state index contributed by atoms with van der Waals surface area (Å²) < 4.78 is 3.15. The highest BCUT2D eigenvalue weighted by molar-refractivity contribution is 7.80. The van der Waals surface area contributed by atoms with Gasteiger partial charge in [-0.15, -0.1) is 0 Å². The summed E-state index contributed by atoms with van der Waals surface area (Å²) in [4.78, 5) is 39.7. The van der Waals surface area contributed by atoms with E-state index >= 15 is 0 Å². The Morgan fingerprint density at radius 2 is 1.50 bits per heavy atom. The molecule has 196 valence electrons. The van der Waals surface area contributed by atoms with Crippen LogP contribution in [-0.2, 0) is 11.2 Å². The van der Waals surface area contributed by atoms with Gasteiger partial charge in [-0.25, -0.2) is 4.90 Å². The van der Waals surface area contributed by atoms with Crippen molar-refractivity contribution in [3.05, 3.63) is 89.5 Å². The number of halogens is 3. The number of alkyl halides is 3. The van der Waals surface area contributed by atoms with E-state index in [1.807, 2.05) is 0 Å². The first-order chi connectivity index (χ1) is 18.1. The molecule has 3 N–H and O–H groups in total. The molecule has 38 heavy (non-hydrogen) atoms. The lowest BCUT2D eigenvalue weighted by atomic mass is 10.1. The molecule has 4 rings (SSSR count). The van der Waals surface area contributed by atoms with E-state index in [9.17, 15) is 14.4 Å². The van der Waals surface area contributed by atoms with Crippen LogP contribution in [0.4, 0.5) is 11.4 Å². The number of hydrogen-bond acceptors (Lipinski definition) is 5. The number of para-hydroxylation sites is 2. The van der Waals surface area contributed by atoms with Gasteiger partial charge in [-0.05, 0) is 54.2 Å². The number of methoxy groups -OCH3 is 1. The van der Waals surface area contributed by atoms with Crippen molar-refractivity contribution >= 4 is 81.2 Å². The first-order valence-electron chi connectivity index (χ1n) is 11.2. The lowest BCUT2D eigenvalue weighted by molar-refractivity contribution is -0.121. The highest BCUT2D eigenvalue weighted by Gasteiger charge is 2.38. The van der Waals surface area contributed by atoms with Crippen molar-refractivity contribution in [3.63, 3.8) is 0 Å². The first-order valence-corrected chi connectivity index (χ1v) is 12.8. The first kappa shape index (κ1) is 27.7. The van der Waals surface area contributed by atoms with Crippen LogP contribution in [0.2, 0.25) is 0 Å². The Labute approximate surface area is 239 Å². The largest absolute Gasteiger partial charge is 0.497 e. The Morgan fingerprint density at radius 1 is 0.921 bits per heavy atom. The number of benzene rings is 3. The number of nitrogens with one attached hydrogen (secondary N) is 3. The predicted octanol–water partition coefficient (Wildman–Crippen LogP) is 4.84. The standard InChI is InChI=1S/C26H21Cl3N4O4S/c1-37-16-12-10-15(11-13-16)14-21(34)31-24(26(27,28)29)32-25(38)30-19-8-4-5-9-20(19)33-22(35)17-6-2-3-7-18(17)23(33)36/h2-13,24H,14H2,1H3,(H,31,34)(H2,30,32,38). The van der Waals surface area contributed by atoms with Crippen LogP contribution < -0.4 is 25.6 Å².